The summed E-state index contributed by atoms with van der Waals surface area (Å²) in [6, 6.07) is 2.25. The van der Waals surface area contributed by atoms with Crippen LogP contribution in [0.3, 0.4) is 0 Å². The zero-order valence-electron chi connectivity index (χ0n) is 15.8. The fraction of sp³-hybridized carbons (Fsp3) is 0.526. The highest BCUT2D eigenvalue weighted by Crippen LogP contribution is 2.27. The number of aromatic nitrogens is 6. The van der Waals surface area contributed by atoms with E-state index in [1.165, 1.54) is 24.1 Å². The predicted octanol–water partition coefficient (Wildman–Crippen LogP) is 1.96. The molecular weight excluding hydrogens is 340 g/mol. The summed E-state index contributed by atoms with van der Waals surface area (Å²) in [7, 11) is 0. The molecule has 0 saturated carbocycles. The number of rotatable bonds is 4. The first kappa shape index (κ1) is 16.4. The van der Waals surface area contributed by atoms with Gasteiger partial charge in [0, 0.05) is 36.8 Å². The van der Waals surface area contributed by atoms with Gasteiger partial charge in [0.2, 0.25) is 0 Å². The molecule has 8 heteroatoms. The third-order valence-electron chi connectivity index (χ3n) is 5.80. The summed E-state index contributed by atoms with van der Waals surface area (Å²) in [6.07, 6.45) is 6.28. The molecule has 1 N–H and O–H groups in total. The lowest BCUT2D eigenvalue weighted by atomic mass is 9.95. The Kier molecular flexibility index (Phi) is 3.91. The van der Waals surface area contributed by atoms with Crippen molar-refractivity contribution in [1.29, 1.82) is 0 Å². The zero-order chi connectivity index (χ0) is 18.4. The van der Waals surface area contributed by atoms with E-state index >= 15 is 0 Å². The molecule has 140 valence electrons. The zero-order valence-corrected chi connectivity index (χ0v) is 15.8. The minimum Gasteiger partial charge on any atom is -0.369 e. The van der Waals surface area contributed by atoms with Crippen molar-refractivity contribution in [3.63, 3.8) is 0 Å². The van der Waals surface area contributed by atoms with Crippen molar-refractivity contribution < 1.29 is 0 Å². The summed E-state index contributed by atoms with van der Waals surface area (Å²) in [5.41, 5.74) is 4.69. The fourth-order valence-corrected chi connectivity index (χ4v) is 4.00. The van der Waals surface area contributed by atoms with Crippen LogP contribution in [0.1, 0.15) is 35.4 Å². The van der Waals surface area contributed by atoms with Crippen molar-refractivity contribution in [3.05, 3.63) is 34.9 Å². The van der Waals surface area contributed by atoms with Gasteiger partial charge in [-0.25, -0.2) is 4.98 Å². The molecule has 0 aromatic carbocycles. The maximum absolute atomic E-state index is 4.47. The van der Waals surface area contributed by atoms with Crippen LogP contribution in [0.25, 0.3) is 5.78 Å². The quantitative estimate of drug-likeness (QED) is 0.757. The molecule has 3 aromatic heterocycles. The molecule has 0 amide bonds. The second-order valence-corrected chi connectivity index (χ2v) is 7.68. The third kappa shape index (κ3) is 2.89. The van der Waals surface area contributed by atoms with Crippen LogP contribution in [-0.4, -0.2) is 49.4 Å². The Morgan fingerprint density at radius 1 is 1.15 bits per heavy atom. The van der Waals surface area contributed by atoms with Crippen LogP contribution in [-0.2, 0) is 12.8 Å². The maximum Gasteiger partial charge on any atom is 0.254 e. The molecular formula is C19H24N8. The molecule has 1 saturated heterocycles. The lowest BCUT2D eigenvalue weighted by Gasteiger charge is -2.40. The van der Waals surface area contributed by atoms with Gasteiger partial charge in [-0.15, -0.1) is 5.10 Å². The predicted molar refractivity (Wildman–Crippen MR) is 103 cm³/mol. The van der Waals surface area contributed by atoms with Crippen molar-refractivity contribution >= 4 is 17.4 Å². The van der Waals surface area contributed by atoms with Crippen molar-refractivity contribution in [2.45, 2.75) is 39.5 Å². The van der Waals surface area contributed by atoms with Gasteiger partial charge in [-0.3, -0.25) is 0 Å². The lowest BCUT2D eigenvalue weighted by Crippen LogP contribution is -2.50. The molecule has 0 unspecified atom stereocenters. The van der Waals surface area contributed by atoms with Crippen molar-refractivity contribution in [1.82, 2.24) is 29.8 Å². The first-order valence-corrected chi connectivity index (χ1v) is 9.70. The smallest absolute Gasteiger partial charge is 0.254 e. The number of anilines is 2. The SMILES string of the molecule is Cc1nc2ncnn2c(NCC2CN(c3cc4c(nn3)CCCC4)C2)c1C. The van der Waals surface area contributed by atoms with Crippen LogP contribution in [0.15, 0.2) is 12.4 Å². The number of hydrogen-bond donors (Lipinski definition) is 1. The van der Waals surface area contributed by atoms with Gasteiger partial charge in [-0.2, -0.15) is 19.7 Å². The Hall–Kier alpha value is -2.77. The second kappa shape index (κ2) is 6.44. The van der Waals surface area contributed by atoms with E-state index < -0.39 is 0 Å². The van der Waals surface area contributed by atoms with Gasteiger partial charge < -0.3 is 10.2 Å². The molecule has 5 rings (SSSR count). The highest BCUT2D eigenvalue weighted by Gasteiger charge is 2.29. The lowest BCUT2D eigenvalue weighted by molar-refractivity contribution is 0.424. The molecule has 0 radical (unpaired) electrons. The molecule has 1 aliphatic heterocycles. The highest BCUT2D eigenvalue weighted by atomic mass is 15.4. The van der Waals surface area contributed by atoms with Gasteiger partial charge in [0.05, 0.1) is 5.69 Å². The number of nitrogens with one attached hydrogen (secondary N) is 1. The van der Waals surface area contributed by atoms with Crippen molar-refractivity contribution in [2.75, 3.05) is 29.9 Å². The molecule has 0 atom stereocenters. The van der Waals surface area contributed by atoms with Crippen LogP contribution in [0.2, 0.25) is 0 Å². The average molecular weight is 364 g/mol. The topological polar surface area (TPSA) is 84.1 Å². The average Bonchev–Trinajstić information content (AvgIpc) is 3.11. The summed E-state index contributed by atoms with van der Waals surface area (Å²) < 4.78 is 1.79. The van der Waals surface area contributed by atoms with Crippen molar-refractivity contribution in [3.8, 4) is 0 Å². The minimum absolute atomic E-state index is 0.578. The minimum atomic E-state index is 0.578. The summed E-state index contributed by atoms with van der Waals surface area (Å²) in [5.74, 6) is 3.23. The molecule has 27 heavy (non-hydrogen) atoms. The number of hydrogen-bond acceptors (Lipinski definition) is 7. The van der Waals surface area contributed by atoms with Crippen LogP contribution >= 0.6 is 0 Å². The van der Waals surface area contributed by atoms with E-state index in [1.807, 2.05) is 6.92 Å². The van der Waals surface area contributed by atoms with E-state index in [0.717, 1.165) is 55.4 Å². The standard InChI is InChI=1S/C19H24N8/c1-12-13(2)23-19-21-11-22-27(19)18(12)20-8-14-9-26(10-14)17-7-15-5-3-4-6-16(15)24-25-17/h7,11,14,20H,3-6,8-10H2,1-2H3. The second-order valence-electron chi connectivity index (χ2n) is 7.68. The van der Waals surface area contributed by atoms with Crippen LogP contribution in [0.4, 0.5) is 11.6 Å². The van der Waals surface area contributed by atoms with Gasteiger partial charge in [0.25, 0.3) is 5.78 Å². The molecule has 0 spiro atoms. The van der Waals surface area contributed by atoms with Crippen molar-refractivity contribution in [2.24, 2.45) is 5.92 Å². The van der Waals surface area contributed by atoms with Gasteiger partial charge >= 0.3 is 0 Å². The number of nitrogens with zero attached hydrogens (tertiary/aromatic N) is 7. The molecule has 0 bridgehead atoms. The molecule has 8 nitrogen and oxygen atoms in total. The van der Waals surface area contributed by atoms with Gasteiger partial charge in [-0.05, 0) is 51.2 Å². The Labute approximate surface area is 158 Å². The largest absolute Gasteiger partial charge is 0.369 e. The van der Waals surface area contributed by atoms with E-state index in [0.29, 0.717) is 11.7 Å². The number of fused-ring (bicyclic) bond motifs is 2. The van der Waals surface area contributed by atoms with E-state index in [1.54, 1.807) is 10.8 Å². The van der Waals surface area contributed by atoms with Gasteiger partial charge in [-0.1, -0.05) is 0 Å². The first-order chi connectivity index (χ1) is 13.2. The normalized spacial score (nSPS) is 17.0. The van der Waals surface area contributed by atoms with Gasteiger partial charge in [0.1, 0.15) is 12.1 Å². The monoisotopic (exact) mass is 364 g/mol. The molecule has 2 aliphatic rings. The fourth-order valence-electron chi connectivity index (χ4n) is 4.00. The van der Waals surface area contributed by atoms with Crippen LogP contribution in [0, 0.1) is 19.8 Å². The van der Waals surface area contributed by atoms with E-state index in [4.69, 9.17) is 0 Å². The Morgan fingerprint density at radius 2 is 2.00 bits per heavy atom. The molecule has 4 heterocycles. The summed E-state index contributed by atoms with van der Waals surface area (Å²) in [6.45, 7) is 6.99. The van der Waals surface area contributed by atoms with Gasteiger partial charge in [0.15, 0.2) is 5.82 Å². The van der Waals surface area contributed by atoms with Crippen LogP contribution < -0.4 is 10.2 Å². The van der Waals surface area contributed by atoms with E-state index in [-0.39, 0.29) is 0 Å². The highest BCUT2D eigenvalue weighted by molar-refractivity contribution is 5.52. The molecule has 3 aromatic rings. The maximum atomic E-state index is 4.47. The third-order valence-corrected chi connectivity index (χ3v) is 5.80. The summed E-state index contributed by atoms with van der Waals surface area (Å²) in [5, 5.41) is 16.8. The Bertz CT molecular complexity index is 989. The molecule has 1 aliphatic carbocycles. The Morgan fingerprint density at radius 3 is 2.89 bits per heavy atom. The first-order valence-electron chi connectivity index (χ1n) is 9.70. The summed E-state index contributed by atoms with van der Waals surface area (Å²) in [4.78, 5) is 11.0. The van der Waals surface area contributed by atoms with E-state index in [9.17, 15) is 0 Å². The number of aryl methyl sites for hydroxylation is 3. The van der Waals surface area contributed by atoms with Crippen LogP contribution in [0.5, 0.6) is 0 Å². The molecule has 1 fully saturated rings. The van der Waals surface area contributed by atoms with E-state index in [2.05, 4.69) is 48.5 Å². The summed E-state index contributed by atoms with van der Waals surface area (Å²) >= 11 is 0. The Balaban J connectivity index is 1.24.